The summed E-state index contributed by atoms with van der Waals surface area (Å²) in [7, 11) is 0. The molecule has 1 aromatic carbocycles. The molecule has 1 saturated heterocycles. The van der Waals surface area contributed by atoms with E-state index in [4.69, 9.17) is 10.5 Å². The van der Waals surface area contributed by atoms with Gasteiger partial charge in [0.05, 0.1) is 11.5 Å². The number of hydrogen-bond acceptors (Lipinski definition) is 5. The minimum atomic E-state index is -0.399. The number of nitro benzene ring substituents is 1. The molecule has 2 unspecified atom stereocenters. The summed E-state index contributed by atoms with van der Waals surface area (Å²) in [6.07, 6.45) is 0.866. The molecule has 2 rings (SSSR count). The molecule has 2 N–H and O–H groups in total. The highest BCUT2D eigenvalue weighted by Crippen LogP contribution is 2.29. The van der Waals surface area contributed by atoms with Crippen molar-refractivity contribution in [3.05, 3.63) is 34.4 Å². The Hall–Kier alpha value is -1.11. The maximum Gasteiger partial charge on any atom is 0.269 e. The summed E-state index contributed by atoms with van der Waals surface area (Å²) in [5.41, 5.74) is 6.11. The van der Waals surface area contributed by atoms with E-state index in [9.17, 15) is 10.1 Å². The van der Waals surface area contributed by atoms with Crippen molar-refractivity contribution in [1.82, 2.24) is 0 Å². The van der Waals surface area contributed by atoms with Crippen molar-refractivity contribution in [2.75, 3.05) is 13.2 Å². The lowest BCUT2D eigenvalue weighted by Gasteiger charge is -2.27. The van der Waals surface area contributed by atoms with Gasteiger partial charge in [0.2, 0.25) is 0 Å². The monoisotopic (exact) mass is 254 g/mol. The number of hydrogen-bond donors (Lipinski definition) is 1. The first-order valence-corrected chi connectivity index (χ1v) is 6.29. The summed E-state index contributed by atoms with van der Waals surface area (Å²) in [5, 5.41) is 10.7. The molecule has 0 spiro atoms. The van der Waals surface area contributed by atoms with E-state index in [1.807, 2.05) is 0 Å². The fourth-order valence-corrected chi connectivity index (χ4v) is 2.79. The van der Waals surface area contributed by atoms with Crippen LogP contribution in [0.3, 0.4) is 0 Å². The second-order valence-electron chi connectivity index (χ2n) is 3.93. The first-order chi connectivity index (χ1) is 8.16. The molecule has 17 heavy (non-hydrogen) atoms. The normalized spacial score (nSPS) is 24.5. The Balaban J connectivity index is 2.00. The molecular formula is C11H14N2O3S. The third-order valence-electron chi connectivity index (χ3n) is 2.69. The Labute approximate surface area is 103 Å². The van der Waals surface area contributed by atoms with E-state index in [0.717, 1.165) is 17.9 Å². The lowest BCUT2D eigenvalue weighted by atomic mass is 10.1. The van der Waals surface area contributed by atoms with Gasteiger partial charge in [0.15, 0.2) is 0 Å². The summed E-state index contributed by atoms with van der Waals surface area (Å²) >= 11 is 1.62. The largest absolute Gasteiger partial charge is 0.380 e. The van der Waals surface area contributed by atoms with Gasteiger partial charge in [-0.15, -0.1) is 11.8 Å². The van der Waals surface area contributed by atoms with Crippen LogP contribution in [0.2, 0.25) is 0 Å². The van der Waals surface area contributed by atoms with Gasteiger partial charge in [0, 0.05) is 34.9 Å². The first-order valence-electron chi connectivity index (χ1n) is 5.41. The Morgan fingerprint density at radius 1 is 1.41 bits per heavy atom. The van der Waals surface area contributed by atoms with Crippen LogP contribution in [0.5, 0.6) is 0 Å². The Bertz CT molecular complexity index is 396. The van der Waals surface area contributed by atoms with Gasteiger partial charge < -0.3 is 10.5 Å². The smallest absolute Gasteiger partial charge is 0.269 e. The number of ether oxygens (including phenoxy) is 1. The molecule has 0 amide bonds. The standard InChI is InChI=1S/C11H14N2O3S/c12-10-5-6-16-7-11(10)17-9-3-1-8(2-4-9)13(14)15/h1-4,10-11H,5-7,12H2. The van der Waals surface area contributed by atoms with E-state index in [1.165, 1.54) is 12.1 Å². The maximum atomic E-state index is 10.5. The Morgan fingerprint density at radius 2 is 2.12 bits per heavy atom. The number of nitro groups is 1. The van der Waals surface area contributed by atoms with E-state index >= 15 is 0 Å². The molecule has 0 bridgehead atoms. The van der Waals surface area contributed by atoms with Crippen molar-refractivity contribution in [2.45, 2.75) is 22.6 Å². The van der Waals surface area contributed by atoms with Gasteiger partial charge in [-0.05, 0) is 18.6 Å². The van der Waals surface area contributed by atoms with Gasteiger partial charge >= 0.3 is 0 Å². The predicted molar refractivity (Wildman–Crippen MR) is 66.2 cm³/mol. The third-order valence-corrected chi connectivity index (χ3v) is 4.02. The minimum Gasteiger partial charge on any atom is -0.380 e. The van der Waals surface area contributed by atoms with E-state index in [-0.39, 0.29) is 17.0 Å². The summed E-state index contributed by atoms with van der Waals surface area (Å²) in [5.74, 6) is 0. The van der Waals surface area contributed by atoms with Crippen molar-refractivity contribution < 1.29 is 9.66 Å². The molecule has 1 fully saturated rings. The van der Waals surface area contributed by atoms with Crippen molar-refractivity contribution in [3.8, 4) is 0 Å². The molecule has 0 aromatic heterocycles. The Kier molecular flexibility index (Phi) is 3.98. The van der Waals surface area contributed by atoms with Gasteiger partial charge in [-0.2, -0.15) is 0 Å². The zero-order valence-corrected chi connectivity index (χ0v) is 10.1. The summed E-state index contributed by atoms with van der Waals surface area (Å²) in [6.45, 7) is 1.36. The number of rotatable bonds is 3. The van der Waals surface area contributed by atoms with Crippen LogP contribution in [0, 0.1) is 10.1 Å². The minimum absolute atomic E-state index is 0.110. The van der Waals surface area contributed by atoms with Crippen LogP contribution >= 0.6 is 11.8 Å². The molecule has 0 radical (unpaired) electrons. The second-order valence-corrected chi connectivity index (χ2v) is 5.25. The van der Waals surface area contributed by atoms with E-state index in [1.54, 1.807) is 23.9 Å². The average Bonchev–Trinajstić information content (AvgIpc) is 2.33. The molecule has 1 aromatic rings. The van der Waals surface area contributed by atoms with Gasteiger partial charge in [-0.1, -0.05) is 0 Å². The van der Waals surface area contributed by atoms with E-state index in [2.05, 4.69) is 0 Å². The SMILES string of the molecule is NC1CCOCC1Sc1ccc([N+](=O)[O-])cc1. The number of benzene rings is 1. The van der Waals surface area contributed by atoms with E-state index in [0.29, 0.717) is 6.61 Å². The maximum absolute atomic E-state index is 10.5. The van der Waals surface area contributed by atoms with Crippen molar-refractivity contribution in [1.29, 1.82) is 0 Å². The van der Waals surface area contributed by atoms with Crippen molar-refractivity contribution >= 4 is 17.4 Å². The predicted octanol–water partition coefficient (Wildman–Crippen LogP) is 1.80. The quantitative estimate of drug-likeness (QED) is 0.657. The van der Waals surface area contributed by atoms with Gasteiger partial charge in [-0.3, -0.25) is 10.1 Å². The topological polar surface area (TPSA) is 78.4 Å². The molecule has 2 atom stereocenters. The summed E-state index contributed by atoms with van der Waals surface area (Å²) in [4.78, 5) is 11.1. The fourth-order valence-electron chi connectivity index (χ4n) is 1.67. The molecule has 0 saturated carbocycles. The average molecular weight is 254 g/mol. The van der Waals surface area contributed by atoms with Crippen LogP contribution in [0.4, 0.5) is 5.69 Å². The molecule has 1 aliphatic heterocycles. The molecule has 1 aliphatic rings. The highest BCUT2D eigenvalue weighted by atomic mass is 32.2. The first kappa shape index (κ1) is 12.3. The van der Waals surface area contributed by atoms with E-state index < -0.39 is 4.92 Å². The number of nitrogens with two attached hydrogens (primary N) is 1. The van der Waals surface area contributed by atoms with Crippen LogP contribution in [0.1, 0.15) is 6.42 Å². The zero-order chi connectivity index (χ0) is 12.3. The third kappa shape index (κ3) is 3.18. The molecule has 6 heteroatoms. The number of nitrogens with zero attached hydrogens (tertiary/aromatic N) is 1. The van der Waals surface area contributed by atoms with Crippen LogP contribution < -0.4 is 5.73 Å². The number of non-ortho nitro benzene ring substituents is 1. The highest BCUT2D eigenvalue weighted by molar-refractivity contribution is 8.00. The lowest BCUT2D eigenvalue weighted by molar-refractivity contribution is -0.384. The number of thioether (sulfide) groups is 1. The highest BCUT2D eigenvalue weighted by Gasteiger charge is 2.23. The summed E-state index contributed by atoms with van der Waals surface area (Å²) < 4.78 is 5.38. The van der Waals surface area contributed by atoms with Crippen LogP contribution in [-0.4, -0.2) is 29.4 Å². The zero-order valence-electron chi connectivity index (χ0n) is 9.24. The van der Waals surface area contributed by atoms with Crippen LogP contribution in [-0.2, 0) is 4.74 Å². The molecule has 5 nitrogen and oxygen atoms in total. The van der Waals surface area contributed by atoms with Gasteiger partial charge in [0.25, 0.3) is 5.69 Å². The molecule has 1 heterocycles. The van der Waals surface area contributed by atoms with Gasteiger partial charge in [-0.25, -0.2) is 0 Å². The van der Waals surface area contributed by atoms with Crippen LogP contribution in [0.25, 0.3) is 0 Å². The Morgan fingerprint density at radius 3 is 2.71 bits per heavy atom. The molecule has 92 valence electrons. The lowest BCUT2D eigenvalue weighted by Crippen LogP contribution is -2.40. The van der Waals surface area contributed by atoms with Crippen LogP contribution in [0.15, 0.2) is 29.2 Å². The van der Waals surface area contributed by atoms with Gasteiger partial charge in [0.1, 0.15) is 0 Å². The van der Waals surface area contributed by atoms with Crippen molar-refractivity contribution in [2.24, 2.45) is 5.73 Å². The molecule has 0 aliphatic carbocycles. The second kappa shape index (κ2) is 5.48. The van der Waals surface area contributed by atoms with Crippen molar-refractivity contribution in [3.63, 3.8) is 0 Å². The molecular weight excluding hydrogens is 240 g/mol. The fraction of sp³-hybridized carbons (Fsp3) is 0.455. The summed E-state index contributed by atoms with van der Waals surface area (Å²) in [6, 6.07) is 6.66.